The van der Waals surface area contributed by atoms with E-state index in [9.17, 15) is 4.79 Å². The summed E-state index contributed by atoms with van der Waals surface area (Å²) in [5.74, 6) is 0.0216. The average molecular weight is 236 g/mol. The van der Waals surface area contributed by atoms with Crippen molar-refractivity contribution in [2.24, 2.45) is 5.73 Å². The molecule has 0 aliphatic carbocycles. The van der Waals surface area contributed by atoms with Crippen molar-refractivity contribution in [3.8, 4) is 0 Å². The van der Waals surface area contributed by atoms with Gasteiger partial charge in [-0.3, -0.25) is 4.79 Å². The van der Waals surface area contributed by atoms with Crippen LogP contribution in [-0.4, -0.2) is 24.2 Å². The minimum absolute atomic E-state index is 0.0216. The molecule has 0 saturated carbocycles. The number of carbonyl (C=O) groups excluding carboxylic acids is 1. The van der Waals surface area contributed by atoms with Gasteiger partial charge in [0.1, 0.15) is 0 Å². The van der Waals surface area contributed by atoms with Gasteiger partial charge in [0.05, 0.1) is 0 Å². The molecule has 17 heavy (non-hydrogen) atoms. The quantitative estimate of drug-likeness (QED) is 0.624. The van der Waals surface area contributed by atoms with Crippen LogP contribution in [0.25, 0.3) is 0 Å². The van der Waals surface area contributed by atoms with Crippen LogP contribution in [0, 0.1) is 0 Å². The highest BCUT2D eigenvalue weighted by Gasteiger charge is 2.01. The second kappa shape index (κ2) is 7.81. The zero-order chi connectivity index (χ0) is 12.5. The monoisotopic (exact) mass is 236 g/mol. The molecule has 4 heteroatoms. The van der Waals surface area contributed by atoms with Gasteiger partial charge in [-0.1, -0.05) is 12.1 Å². The van der Waals surface area contributed by atoms with Crippen molar-refractivity contribution in [1.29, 1.82) is 0 Å². The Labute approximate surface area is 102 Å². The van der Waals surface area contributed by atoms with Crippen molar-refractivity contribution in [1.82, 2.24) is 0 Å². The number of aliphatic hydroxyl groups excluding tert-OH is 1. The number of rotatable bonds is 7. The number of unbranched alkanes of at least 4 members (excludes halogenated alkanes) is 1. The fourth-order valence-corrected chi connectivity index (χ4v) is 1.54. The molecule has 1 amide bonds. The number of hydrogen-bond donors (Lipinski definition) is 3. The standard InChI is InChI=1S/C13H20N2O2/c14-9-2-1-3-13(17)15-12-6-4-11(5-7-12)8-10-16/h4-7,16H,1-3,8-10,14H2,(H,15,17). The summed E-state index contributed by atoms with van der Waals surface area (Å²) in [5, 5.41) is 11.6. The van der Waals surface area contributed by atoms with Crippen LogP contribution in [0.1, 0.15) is 24.8 Å². The van der Waals surface area contributed by atoms with Gasteiger partial charge in [0.15, 0.2) is 0 Å². The summed E-state index contributed by atoms with van der Waals surface area (Å²) >= 11 is 0. The van der Waals surface area contributed by atoms with Crippen molar-refractivity contribution in [3.05, 3.63) is 29.8 Å². The molecule has 0 radical (unpaired) electrons. The Balaban J connectivity index is 2.37. The van der Waals surface area contributed by atoms with E-state index in [-0.39, 0.29) is 12.5 Å². The Morgan fingerprint density at radius 2 is 1.94 bits per heavy atom. The zero-order valence-corrected chi connectivity index (χ0v) is 9.98. The lowest BCUT2D eigenvalue weighted by molar-refractivity contribution is -0.116. The molecule has 0 heterocycles. The third kappa shape index (κ3) is 5.47. The van der Waals surface area contributed by atoms with E-state index in [1.165, 1.54) is 0 Å². The van der Waals surface area contributed by atoms with E-state index in [0.29, 0.717) is 19.4 Å². The Hall–Kier alpha value is -1.39. The van der Waals surface area contributed by atoms with E-state index in [4.69, 9.17) is 10.8 Å². The molecule has 1 rings (SSSR count). The fraction of sp³-hybridized carbons (Fsp3) is 0.462. The van der Waals surface area contributed by atoms with Crippen molar-refractivity contribution < 1.29 is 9.90 Å². The summed E-state index contributed by atoms with van der Waals surface area (Å²) < 4.78 is 0. The molecule has 0 spiro atoms. The largest absolute Gasteiger partial charge is 0.396 e. The number of nitrogens with one attached hydrogen (secondary N) is 1. The molecule has 0 saturated heterocycles. The molecule has 0 aliphatic heterocycles. The molecule has 1 aromatic carbocycles. The van der Waals surface area contributed by atoms with Gasteiger partial charge in [-0.15, -0.1) is 0 Å². The van der Waals surface area contributed by atoms with Crippen LogP contribution in [0.5, 0.6) is 0 Å². The van der Waals surface area contributed by atoms with Gasteiger partial charge in [-0.25, -0.2) is 0 Å². The van der Waals surface area contributed by atoms with Gasteiger partial charge in [0.2, 0.25) is 5.91 Å². The molecule has 0 aromatic heterocycles. The molecule has 0 aliphatic rings. The van der Waals surface area contributed by atoms with E-state index >= 15 is 0 Å². The Bertz CT molecular complexity index is 336. The van der Waals surface area contributed by atoms with Crippen LogP contribution in [-0.2, 0) is 11.2 Å². The molecular formula is C13H20N2O2. The first kappa shape index (κ1) is 13.7. The van der Waals surface area contributed by atoms with E-state index in [1.54, 1.807) is 0 Å². The lowest BCUT2D eigenvalue weighted by Gasteiger charge is -2.06. The SMILES string of the molecule is NCCCCC(=O)Nc1ccc(CCO)cc1. The van der Waals surface area contributed by atoms with Gasteiger partial charge in [0, 0.05) is 18.7 Å². The summed E-state index contributed by atoms with van der Waals surface area (Å²) in [6.07, 6.45) is 2.86. The van der Waals surface area contributed by atoms with Crippen LogP contribution in [0.2, 0.25) is 0 Å². The molecule has 94 valence electrons. The Morgan fingerprint density at radius 3 is 2.53 bits per heavy atom. The number of hydrogen-bond acceptors (Lipinski definition) is 3. The van der Waals surface area contributed by atoms with Crippen LogP contribution in [0.4, 0.5) is 5.69 Å². The highest BCUT2D eigenvalue weighted by atomic mass is 16.2. The third-order valence-corrected chi connectivity index (χ3v) is 2.50. The van der Waals surface area contributed by atoms with Gasteiger partial charge in [0.25, 0.3) is 0 Å². The van der Waals surface area contributed by atoms with Gasteiger partial charge >= 0.3 is 0 Å². The molecular weight excluding hydrogens is 216 g/mol. The summed E-state index contributed by atoms with van der Waals surface area (Å²) in [7, 11) is 0. The van der Waals surface area contributed by atoms with Crippen molar-refractivity contribution in [2.45, 2.75) is 25.7 Å². The molecule has 0 atom stereocenters. The number of carbonyl (C=O) groups is 1. The van der Waals surface area contributed by atoms with Crippen molar-refractivity contribution in [3.63, 3.8) is 0 Å². The number of anilines is 1. The van der Waals surface area contributed by atoms with E-state index in [2.05, 4.69) is 5.32 Å². The van der Waals surface area contributed by atoms with Crippen LogP contribution < -0.4 is 11.1 Å². The van der Waals surface area contributed by atoms with Crippen LogP contribution >= 0.6 is 0 Å². The number of benzene rings is 1. The second-order valence-electron chi connectivity index (χ2n) is 3.96. The normalized spacial score (nSPS) is 10.2. The minimum atomic E-state index is 0.0216. The summed E-state index contributed by atoms with van der Waals surface area (Å²) in [5.41, 5.74) is 7.22. The molecule has 0 unspecified atom stereocenters. The first-order chi connectivity index (χ1) is 8.26. The summed E-state index contributed by atoms with van der Waals surface area (Å²) in [6, 6.07) is 7.52. The van der Waals surface area contributed by atoms with E-state index in [0.717, 1.165) is 24.1 Å². The highest BCUT2D eigenvalue weighted by Crippen LogP contribution is 2.10. The average Bonchev–Trinajstić information content (AvgIpc) is 2.32. The lowest BCUT2D eigenvalue weighted by Crippen LogP contribution is -2.12. The fourth-order valence-electron chi connectivity index (χ4n) is 1.54. The molecule has 0 bridgehead atoms. The molecule has 4 N–H and O–H groups in total. The first-order valence-electron chi connectivity index (χ1n) is 5.96. The zero-order valence-electron chi connectivity index (χ0n) is 9.98. The Morgan fingerprint density at radius 1 is 1.24 bits per heavy atom. The Kier molecular flexibility index (Phi) is 6.29. The molecule has 4 nitrogen and oxygen atoms in total. The topological polar surface area (TPSA) is 75.4 Å². The highest BCUT2D eigenvalue weighted by molar-refractivity contribution is 5.90. The van der Waals surface area contributed by atoms with E-state index in [1.807, 2.05) is 24.3 Å². The minimum Gasteiger partial charge on any atom is -0.396 e. The maximum absolute atomic E-state index is 11.5. The van der Waals surface area contributed by atoms with Crippen LogP contribution in [0.15, 0.2) is 24.3 Å². The number of amides is 1. The number of aliphatic hydroxyl groups is 1. The predicted molar refractivity (Wildman–Crippen MR) is 68.8 cm³/mol. The van der Waals surface area contributed by atoms with E-state index < -0.39 is 0 Å². The van der Waals surface area contributed by atoms with Crippen LogP contribution in [0.3, 0.4) is 0 Å². The molecule has 0 fully saturated rings. The van der Waals surface area contributed by atoms with Crippen molar-refractivity contribution >= 4 is 11.6 Å². The lowest BCUT2D eigenvalue weighted by atomic mass is 10.1. The molecule has 1 aromatic rings. The maximum Gasteiger partial charge on any atom is 0.224 e. The predicted octanol–water partition coefficient (Wildman–Crippen LogP) is 1.29. The third-order valence-electron chi connectivity index (χ3n) is 2.50. The maximum atomic E-state index is 11.5. The van der Waals surface area contributed by atoms with Gasteiger partial charge in [-0.05, 0) is 43.5 Å². The second-order valence-corrected chi connectivity index (χ2v) is 3.96. The summed E-state index contributed by atoms with van der Waals surface area (Å²) in [6.45, 7) is 0.772. The number of nitrogens with two attached hydrogens (primary N) is 1. The smallest absolute Gasteiger partial charge is 0.224 e. The summed E-state index contributed by atoms with van der Waals surface area (Å²) in [4.78, 5) is 11.5. The van der Waals surface area contributed by atoms with Gasteiger partial charge in [-0.2, -0.15) is 0 Å². The van der Waals surface area contributed by atoms with Crippen molar-refractivity contribution in [2.75, 3.05) is 18.5 Å². The van der Waals surface area contributed by atoms with Gasteiger partial charge < -0.3 is 16.2 Å². The first-order valence-corrected chi connectivity index (χ1v) is 5.96.